The van der Waals surface area contributed by atoms with E-state index in [1.54, 1.807) is 0 Å². The molecule has 0 rings (SSSR count). The minimum atomic E-state index is -0.103. The van der Waals surface area contributed by atoms with E-state index in [1.165, 1.54) is 0 Å². The first-order chi connectivity index (χ1) is 7.78. The second-order valence-electron chi connectivity index (χ2n) is 3.70. The molecule has 2 N–H and O–H groups in total. The van der Waals surface area contributed by atoms with Gasteiger partial charge in [0.05, 0.1) is 0 Å². The summed E-state index contributed by atoms with van der Waals surface area (Å²) in [5.41, 5.74) is 0. The van der Waals surface area contributed by atoms with E-state index in [1.807, 2.05) is 13.8 Å². The van der Waals surface area contributed by atoms with Crippen molar-refractivity contribution in [1.82, 2.24) is 5.32 Å². The number of aliphatic hydroxyl groups excluding tert-OH is 1. The lowest BCUT2D eigenvalue weighted by Crippen LogP contribution is -2.33. The first-order valence-electron chi connectivity index (χ1n) is 6.35. The topological polar surface area (TPSA) is 50.7 Å². The molecule has 0 heterocycles. The van der Waals surface area contributed by atoms with Crippen molar-refractivity contribution in [2.24, 2.45) is 0 Å². The van der Waals surface area contributed by atoms with Crippen LogP contribution in [0, 0.1) is 0 Å². The highest BCUT2D eigenvalue weighted by Gasteiger charge is 2.09. The third kappa shape index (κ3) is 8.05. The van der Waals surface area contributed by atoms with Gasteiger partial charge in [0.15, 0.2) is 6.29 Å². The van der Waals surface area contributed by atoms with Crippen LogP contribution >= 0.6 is 0 Å². The second-order valence-corrected chi connectivity index (χ2v) is 3.70. The molecule has 0 spiro atoms. The summed E-state index contributed by atoms with van der Waals surface area (Å²) in [4.78, 5) is 0. The zero-order valence-corrected chi connectivity index (χ0v) is 10.9. The second kappa shape index (κ2) is 11.3. The van der Waals surface area contributed by atoms with E-state index < -0.39 is 0 Å². The molecule has 4 nitrogen and oxygen atoms in total. The van der Waals surface area contributed by atoms with Gasteiger partial charge in [0, 0.05) is 38.8 Å². The van der Waals surface area contributed by atoms with Crippen LogP contribution in [0.5, 0.6) is 0 Å². The Kier molecular flexibility index (Phi) is 11.2. The molecule has 0 saturated carbocycles. The number of nitrogens with one attached hydrogen (secondary N) is 1. The Morgan fingerprint density at radius 2 is 1.69 bits per heavy atom. The Morgan fingerprint density at radius 1 is 1.06 bits per heavy atom. The average Bonchev–Trinajstić information content (AvgIpc) is 2.28. The molecule has 4 heteroatoms. The smallest absolute Gasteiger partial charge is 0.158 e. The van der Waals surface area contributed by atoms with Gasteiger partial charge in [-0.05, 0) is 26.7 Å². The number of hydrogen-bond acceptors (Lipinski definition) is 4. The maximum Gasteiger partial charge on any atom is 0.158 e. The molecule has 0 aliphatic carbocycles. The lowest BCUT2D eigenvalue weighted by Gasteiger charge is -2.20. The van der Waals surface area contributed by atoms with Crippen molar-refractivity contribution >= 4 is 0 Å². The highest BCUT2D eigenvalue weighted by atomic mass is 16.7. The van der Waals surface area contributed by atoms with Crippen molar-refractivity contribution in [3.63, 3.8) is 0 Å². The van der Waals surface area contributed by atoms with Crippen molar-refractivity contribution in [2.75, 3.05) is 26.4 Å². The Bertz CT molecular complexity index is 138. The van der Waals surface area contributed by atoms with Gasteiger partial charge in [-0.15, -0.1) is 0 Å². The van der Waals surface area contributed by atoms with E-state index in [0.29, 0.717) is 19.3 Å². The molecule has 0 aromatic heterocycles. The van der Waals surface area contributed by atoms with Gasteiger partial charge in [0.2, 0.25) is 0 Å². The normalized spacial score (nSPS) is 13.3. The zero-order valence-electron chi connectivity index (χ0n) is 10.9. The van der Waals surface area contributed by atoms with Crippen LogP contribution in [-0.4, -0.2) is 43.8 Å². The molecular formula is C12H27NO3. The van der Waals surface area contributed by atoms with Gasteiger partial charge >= 0.3 is 0 Å². The van der Waals surface area contributed by atoms with E-state index in [4.69, 9.17) is 14.6 Å². The van der Waals surface area contributed by atoms with Crippen molar-refractivity contribution in [1.29, 1.82) is 0 Å². The minimum absolute atomic E-state index is 0.103. The van der Waals surface area contributed by atoms with Gasteiger partial charge in [0.25, 0.3) is 0 Å². The number of rotatable bonds is 11. The van der Waals surface area contributed by atoms with Gasteiger partial charge in [-0.1, -0.05) is 6.92 Å². The molecule has 0 radical (unpaired) electrons. The predicted molar refractivity (Wildman–Crippen MR) is 65.4 cm³/mol. The number of hydrogen-bond donors (Lipinski definition) is 2. The lowest BCUT2D eigenvalue weighted by atomic mass is 10.1. The molecule has 1 atom stereocenters. The van der Waals surface area contributed by atoms with Crippen LogP contribution in [0.3, 0.4) is 0 Å². The summed E-state index contributed by atoms with van der Waals surface area (Å²) in [6.07, 6.45) is 2.59. The molecule has 16 heavy (non-hydrogen) atoms. The van der Waals surface area contributed by atoms with E-state index >= 15 is 0 Å². The van der Waals surface area contributed by atoms with E-state index in [9.17, 15) is 0 Å². The Balaban J connectivity index is 3.65. The molecule has 0 bridgehead atoms. The van der Waals surface area contributed by atoms with Crippen molar-refractivity contribution in [3.05, 3.63) is 0 Å². The van der Waals surface area contributed by atoms with Crippen LogP contribution in [0.15, 0.2) is 0 Å². The highest BCUT2D eigenvalue weighted by molar-refractivity contribution is 4.64. The predicted octanol–water partition coefficient (Wildman–Crippen LogP) is 1.53. The van der Waals surface area contributed by atoms with Gasteiger partial charge < -0.3 is 19.9 Å². The molecule has 0 aliphatic heterocycles. The summed E-state index contributed by atoms with van der Waals surface area (Å²) in [5, 5.41) is 12.3. The summed E-state index contributed by atoms with van der Waals surface area (Å²) >= 11 is 0. The van der Waals surface area contributed by atoms with Gasteiger partial charge in [-0.3, -0.25) is 0 Å². The maximum absolute atomic E-state index is 8.86. The maximum atomic E-state index is 8.86. The van der Waals surface area contributed by atoms with Gasteiger partial charge in [-0.2, -0.15) is 0 Å². The lowest BCUT2D eigenvalue weighted by molar-refractivity contribution is -0.138. The average molecular weight is 233 g/mol. The molecular weight excluding hydrogens is 206 g/mol. The molecule has 0 aliphatic rings. The van der Waals surface area contributed by atoms with Crippen LogP contribution in [0.25, 0.3) is 0 Å². The fourth-order valence-corrected chi connectivity index (χ4v) is 1.60. The molecule has 0 amide bonds. The Morgan fingerprint density at radius 3 is 2.12 bits per heavy atom. The fraction of sp³-hybridized carbons (Fsp3) is 1.00. The van der Waals surface area contributed by atoms with Crippen molar-refractivity contribution < 1.29 is 14.6 Å². The molecule has 1 unspecified atom stereocenters. The summed E-state index contributed by atoms with van der Waals surface area (Å²) in [5.74, 6) is 0. The highest BCUT2D eigenvalue weighted by Crippen LogP contribution is 2.02. The number of aliphatic hydroxyl groups is 1. The van der Waals surface area contributed by atoms with Crippen LogP contribution in [-0.2, 0) is 9.47 Å². The van der Waals surface area contributed by atoms with Crippen LogP contribution in [0.4, 0.5) is 0 Å². The standard InChI is InChI=1S/C12H27NO3/c1-4-11(8-10-14)13-9-7-12(15-5-2)16-6-3/h11-14H,4-10H2,1-3H3. The van der Waals surface area contributed by atoms with Gasteiger partial charge in [0.1, 0.15) is 0 Å². The third-order valence-corrected chi connectivity index (χ3v) is 2.49. The van der Waals surface area contributed by atoms with Crippen molar-refractivity contribution in [2.45, 2.75) is 52.4 Å². The monoisotopic (exact) mass is 233 g/mol. The first kappa shape index (κ1) is 15.8. The zero-order chi connectivity index (χ0) is 12.2. The quantitative estimate of drug-likeness (QED) is 0.531. The molecule has 0 aromatic carbocycles. The fourth-order valence-electron chi connectivity index (χ4n) is 1.60. The summed E-state index contributed by atoms with van der Waals surface area (Å²) in [6.45, 7) is 8.53. The molecule has 0 saturated heterocycles. The van der Waals surface area contributed by atoms with Gasteiger partial charge in [-0.25, -0.2) is 0 Å². The van der Waals surface area contributed by atoms with Crippen LogP contribution < -0.4 is 5.32 Å². The van der Waals surface area contributed by atoms with E-state index in [0.717, 1.165) is 25.8 Å². The Hall–Kier alpha value is -0.160. The minimum Gasteiger partial charge on any atom is -0.396 e. The third-order valence-electron chi connectivity index (χ3n) is 2.49. The largest absolute Gasteiger partial charge is 0.396 e. The van der Waals surface area contributed by atoms with Crippen molar-refractivity contribution in [3.8, 4) is 0 Å². The Labute approximate surface area is 99.3 Å². The summed E-state index contributed by atoms with van der Waals surface area (Å²) in [7, 11) is 0. The SMILES string of the molecule is CCOC(CCNC(CC)CCO)OCC. The summed E-state index contributed by atoms with van der Waals surface area (Å²) < 4.78 is 10.9. The van der Waals surface area contributed by atoms with Crippen LogP contribution in [0.1, 0.15) is 40.0 Å². The van der Waals surface area contributed by atoms with E-state index in [2.05, 4.69) is 12.2 Å². The number of ether oxygens (including phenoxy) is 2. The first-order valence-corrected chi connectivity index (χ1v) is 6.35. The molecule has 98 valence electrons. The summed E-state index contributed by atoms with van der Waals surface area (Å²) in [6, 6.07) is 0.397. The molecule has 0 aromatic rings. The van der Waals surface area contributed by atoms with Crippen LogP contribution in [0.2, 0.25) is 0 Å². The van der Waals surface area contributed by atoms with E-state index in [-0.39, 0.29) is 12.9 Å². The molecule has 0 fully saturated rings.